The Labute approximate surface area is 195 Å². The van der Waals surface area contributed by atoms with Gasteiger partial charge >= 0.3 is 12.1 Å². The quantitative estimate of drug-likeness (QED) is 0.454. The summed E-state index contributed by atoms with van der Waals surface area (Å²) in [5, 5.41) is 11.0. The molecule has 0 amide bonds. The number of esters is 1. The average molecular weight is 492 g/mol. The second-order valence-corrected chi connectivity index (χ2v) is 7.91. The summed E-state index contributed by atoms with van der Waals surface area (Å²) in [6, 6.07) is 10.2. The normalized spacial score (nSPS) is 17.0. The molecule has 1 N–H and O–H groups in total. The summed E-state index contributed by atoms with van der Waals surface area (Å²) in [6.07, 6.45) is -4.60. The molecule has 1 aliphatic heterocycles. The van der Waals surface area contributed by atoms with Crippen LogP contribution in [0.5, 0.6) is 5.75 Å². The van der Waals surface area contributed by atoms with Crippen LogP contribution in [0, 0.1) is 5.82 Å². The van der Waals surface area contributed by atoms with Crippen LogP contribution >= 0.6 is 12.4 Å². The van der Waals surface area contributed by atoms with Gasteiger partial charge in [0.25, 0.3) is 0 Å². The Morgan fingerprint density at radius 3 is 2.36 bits per heavy atom. The first-order valence-corrected chi connectivity index (χ1v) is 10.2. The van der Waals surface area contributed by atoms with E-state index >= 15 is 0 Å². The molecule has 0 aliphatic carbocycles. The molecule has 0 bridgehead atoms. The largest absolute Gasteiger partial charge is 0.490 e. The predicted molar refractivity (Wildman–Crippen MR) is 116 cm³/mol. The van der Waals surface area contributed by atoms with Crippen LogP contribution in [0.2, 0.25) is 0 Å². The van der Waals surface area contributed by atoms with E-state index < -0.39 is 35.2 Å². The Hall–Kier alpha value is -2.36. The number of piperidine rings is 1. The minimum Gasteiger partial charge on any atom is -0.490 e. The lowest BCUT2D eigenvalue weighted by Gasteiger charge is -2.39. The highest BCUT2D eigenvalue weighted by molar-refractivity contribution is 5.85. The highest BCUT2D eigenvalue weighted by Crippen LogP contribution is 2.36. The van der Waals surface area contributed by atoms with Crippen LogP contribution in [-0.2, 0) is 21.3 Å². The molecule has 1 atom stereocenters. The fourth-order valence-electron chi connectivity index (χ4n) is 3.75. The average Bonchev–Trinajstić information content (AvgIpc) is 2.74. The molecule has 1 fully saturated rings. The van der Waals surface area contributed by atoms with E-state index in [1.165, 1.54) is 43.3 Å². The van der Waals surface area contributed by atoms with Crippen LogP contribution in [-0.4, -0.2) is 48.3 Å². The molecule has 182 valence electrons. The number of alkyl halides is 3. The van der Waals surface area contributed by atoms with E-state index in [2.05, 4.69) is 0 Å². The molecule has 1 unspecified atom stereocenters. The molecule has 1 aliphatic rings. The molecule has 0 aromatic heterocycles. The fraction of sp³-hybridized carbons (Fsp3) is 0.435. The van der Waals surface area contributed by atoms with Gasteiger partial charge in [0.15, 0.2) is 0 Å². The topological polar surface area (TPSA) is 59.0 Å². The number of nitrogens with zero attached hydrogens (tertiary/aromatic N) is 1. The molecular weight excluding hydrogens is 466 g/mol. The first kappa shape index (κ1) is 26.9. The highest BCUT2D eigenvalue weighted by Gasteiger charge is 2.37. The van der Waals surface area contributed by atoms with Crippen molar-refractivity contribution in [2.75, 3.05) is 26.2 Å². The van der Waals surface area contributed by atoms with E-state index in [4.69, 9.17) is 9.47 Å². The minimum atomic E-state index is -4.48. The van der Waals surface area contributed by atoms with Crippen molar-refractivity contribution in [3.8, 4) is 5.75 Å². The molecule has 0 saturated carbocycles. The van der Waals surface area contributed by atoms with Crippen molar-refractivity contribution >= 4 is 18.4 Å². The predicted octanol–water partition coefficient (Wildman–Crippen LogP) is 4.56. The van der Waals surface area contributed by atoms with Gasteiger partial charge in [0.05, 0.1) is 11.2 Å². The summed E-state index contributed by atoms with van der Waals surface area (Å²) in [6.45, 7) is 2.48. The fourth-order valence-corrected chi connectivity index (χ4v) is 3.75. The van der Waals surface area contributed by atoms with Gasteiger partial charge in [-0.1, -0.05) is 12.1 Å². The van der Waals surface area contributed by atoms with Gasteiger partial charge in [-0.15, -0.1) is 12.4 Å². The van der Waals surface area contributed by atoms with Crippen LogP contribution in [0.25, 0.3) is 0 Å². The molecule has 10 heteroatoms. The molecular formula is C23H26ClF4NO4. The van der Waals surface area contributed by atoms with E-state index in [1.807, 2.05) is 4.90 Å². The van der Waals surface area contributed by atoms with Gasteiger partial charge in [-0.3, -0.25) is 9.69 Å². The molecule has 2 aromatic rings. The van der Waals surface area contributed by atoms with Gasteiger partial charge in [-0.05, 0) is 54.8 Å². The van der Waals surface area contributed by atoms with Crippen molar-refractivity contribution in [2.45, 2.75) is 37.6 Å². The number of aliphatic hydroxyl groups is 1. The Kier molecular flexibility index (Phi) is 9.11. The SMILES string of the molecule is CC(=O)OC(COc1ccc(F)cc1)CN1CCC(O)(c2cccc(C(F)(F)F)c2)CC1.Cl. The zero-order valence-electron chi connectivity index (χ0n) is 18.0. The van der Waals surface area contributed by atoms with Crippen molar-refractivity contribution in [2.24, 2.45) is 0 Å². The summed E-state index contributed by atoms with van der Waals surface area (Å²) >= 11 is 0. The third kappa shape index (κ3) is 7.58. The highest BCUT2D eigenvalue weighted by atomic mass is 35.5. The van der Waals surface area contributed by atoms with Crippen LogP contribution in [0.4, 0.5) is 17.6 Å². The number of likely N-dealkylation sites (tertiary alicyclic amines) is 1. The molecule has 0 spiro atoms. The van der Waals surface area contributed by atoms with Gasteiger partial charge in [0.2, 0.25) is 0 Å². The number of carbonyl (C=O) groups excluding carboxylic acids is 1. The molecule has 3 rings (SSSR count). The van der Waals surface area contributed by atoms with Gasteiger partial charge in [0.1, 0.15) is 24.3 Å². The molecule has 0 radical (unpaired) electrons. The number of hydrogen-bond acceptors (Lipinski definition) is 5. The number of carbonyl (C=O) groups is 1. The standard InChI is InChI=1S/C23H25F4NO4.ClH/c1-16(29)32-21(15-31-20-7-5-19(24)6-8-20)14-28-11-9-22(30,10-12-28)17-3-2-4-18(13-17)23(25,26)27;/h2-8,13,21,30H,9-12,14-15H2,1H3;1H. The monoisotopic (exact) mass is 491 g/mol. The summed E-state index contributed by atoms with van der Waals surface area (Å²) < 4.78 is 63.0. The van der Waals surface area contributed by atoms with Crippen LogP contribution in [0.15, 0.2) is 48.5 Å². The summed E-state index contributed by atoms with van der Waals surface area (Å²) in [5.74, 6) is -0.438. The third-order valence-corrected chi connectivity index (χ3v) is 5.45. The number of rotatable bonds is 7. The maximum absolute atomic E-state index is 13.0. The minimum absolute atomic E-state index is 0. The molecule has 33 heavy (non-hydrogen) atoms. The first-order valence-electron chi connectivity index (χ1n) is 10.2. The van der Waals surface area contributed by atoms with Gasteiger partial charge in [-0.25, -0.2) is 4.39 Å². The Morgan fingerprint density at radius 2 is 1.79 bits per heavy atom. The molecule has 1 heterocycles. The Balaban J connectivity index is 0.00000385. The second kappa shape index (κ2) is 11.2. The van der Waals surface area contributed by atoms with Crippen molar-refractivity contribution in [3.63, 3.8) is 0 Å². The lowest BCUT2D eigenvalue weighted by molar-refractivity contribution is -0.149. The number of halogens is 5. The summed E-state index contributed by atoms with van der Waals surface area (Å²) in [5.41, 5.74) is -1.92. The first-order chi connectivity index (χ1) is 15.0. The van der Waals surface area contributed by atoms with E-state index in [1.54, 1.807) is 0 Å². The van der Waals surface area contributed by atoms with E-state index in [9.17, 15) is 27.5 Å². The van der Waals surface area contributed by atoms with E-state index in [0.717, 1.165) is 12.1 Å². The van der Waals surface area contributed by atoms with E-state index in [-0.39, 0.29) is 37.4 Å². The zero-order chi connectivity index (χ0) is 23.4. The van der Waals surface area contributed by atoms with Crippen molar-refractivity contribution < 1.29 is 36.9 Å². The van der Waals surface area contributed by atoms with Crippen LogP contribution in [0.3, 0.4) is 0 Å². The zero-order valence-corrected chi connectivity index (χ0v) is 18.8. The number of ether oxygens (including phenoxy) is 2. The van der Waals surface area contributed by atoms with Crippen LogP contribution < -0.4 is 4.74 Å². The van der Waals surface area contributed by atoms with Gasteiger partial charge in [-0.2, -0.15) is 13.2 Å². The van der Waals surface area contributed by atoms with Gasteiger partial charge in [0, 0.05) is 26.6 Å². The Bertz CT molecular complexity index is 915. The van der Waals surface area contributed by atoms with E-state index in [0.29, 0.717) is 25.4 Å². The van der Waals surface area contributed by atoms with Crippen molar-refractivity contribution in [3.05, 3.63) is 65.5 Å². The van der Waals surface area contributed by atoms with Gasteiger partial charge < -0.3 is 14.6 Å². The van der Waals surface area contributed by atoms with Crippen LogP contribution in [0.1, 0.15) is 30.9 Å². The Morgan fingerprint density at radius 1 is 1.15 bits per heavy atom. The molecule has 1 saturated heterocycles. The lowest BCUT2D eigenvalue weighted by Crippen LogP contribution is -2.46. The maximum Gasteiger partial charge on any atom is 0.416 e. The molecule has 2 aromatic carbocycles. The lowest BCUT2D eigenvalue weighted by atomic mass is 9.83. The smallest absolute Gasteiger partial charge is 0.416 e. The number of hydrogen-bond donors (Lipinski definition) is 1. The summed E-state index contributed by atoms with van der Waals surface area (Å²) in [4.78, 5) is 13.4. The van der Waals surface area contributed by atoms with Crippen molar-refractivity contribution in [1.29, 1.82) is 0 Å². The second-order valence-electron chi connectivity index (χ2n) is 7.91. The third-order valence-electron chi connectivity index (χ3n) is 5.45. The number of benzene rings is 2. The molecule has 5 nitrogen and oxygen atoms in total. The van der Waals surface area contributed by atoms with Crippen molar-refractivity contribution in [1.82, 2.24) is 4.90 Å². The maximum atomic E-state index is 13.0. The summed E-state index contributed by atoms with van der Waals surface area (Å²) in [7, 11) is 0.